The summed E-state index contributed by atoms with van der Waals surface area (Å²) in [7, 11) is 0. The molecule has 112 valence electrons. The van der Waals surface area contributed by atoms with Crippen molar-refractivity contribution < 1.29 is 13.2 Å². The van der Waals surface area contributed by atoms with Gasteiger partial charge >= 0.3 is 6.18 Å². The normalized spacial score (nSPS) is 17.6. The Morgan fingerprint density at radius 3 is 2.30 bits per heavy atom. The fourth-order valence-electron chi connectivity index (χ4n) is 2.29. The maximum Gasteiger partial charge on any atom is 0.401 e. The van der Waals surface area contributed by atoms with Crippen molar-refractivity contribution in [3.05, 3.63) is 28.8 Å². The lowest BCUT2D eigenvalue weighted by Crippen LogP contribution is -2.49. The summed E-state index contributed by atoms with van der Waals surface area (Å²) in [5.74, 6) is 0. The van der Waals surface area contributed by atoms with Crippen molar-refractivity contribution in [2.75, 3.05) is 37.6 Å². The minimum Gasteiger partial charge on any atom is -0.368 e. The number of nitrogens with zero attached hydrogens (tertiary/aromatic N) is 2. The number of rotatable bonds is 3. The van der Waals surface area contributed by atoms with Gasteiger partial charge in [0.15, 0.2) is 0 Å². The second kappa shape index (κ2) is 6.54. The topological polar surface area (TPSA) is 6.48 Å². The lowest BCUT2D eigenvalue weighted by atomic mass is 10.2. The molecule has 1 aliphatic rings. The fraction of sp³-hybridized carbons (Fsp3) is 0.538. The maximum atomic E-state index is 12.3. The number of anilines is 1. The third-order valence-electron chi connectivity index (χ3n) is 3.28. The molecule has 1 aliphatic heterocycles. The van der Waals surface area contributed by atoms with Gasteiger partial charge in [-0.25, -0.2) is 0 Å². The predicted molar refractivity (Wildman–Crippen MR) is 78.8 cm³/mol. The van der Waals surface area contributed by atoms with E-state index in [1.807, 2.05) is 23.1 Å². The van der Waals surface area contributed by atoms with Crippen LogP contribution in [0.1, 0.15) is 5.56 Å². The van der Waals surface area contributed by atoms with Crippen LogP contribution in [0.5, 0.6) is 0 Å². The van der Waals surface area contributed by atoms with Crippen LogP contribution in [0.2, 0.25) is 5.02 Å². The minimum atomic E-state index is -4.13. The highest BCUT2D eigenvalue weighted by atomic mass is 79.9. The van der Waals surface area contributed by atoms with Crippen molar-refractivity contribution in [3.8, 4) is 0 Å². The lowest BCUT2D eigenvalue weighted by Gasteiger charge is -2.36. The van der Waals surface area contributed by atoms with Gasteiger partial charge in [-0.3, -0.25) is 4.90 Å². The van der Waals surface area contributed by atoms with Crippen LogP contribution in [0.3, 0.4) is 0 Å². The summed E-state index contributed by atoms with van der Waals surface area (Å²) in [6.07, 6.45) is -4.13. The van der Waals surface area contributed by atoms with Crippen LogP contribution < -0.4 is 4.90 Å². The van der Waals surface area contributed by atoms with E-state index in [1.165, 1.54) is 4.90 Å². The SMILES string of the molecule is FC(F)(F)CN1CCN(c2ccc(CBr)cc2Cl)CC1. The van der Waals surface area contributed by atoms with E-state index in [0.29, 0.717) is 31.2 Å². The standard InChI is InChI=1S/C13H15BrClF3N2/c14-8-10-1-2-12(11(15)7-10)20-5-3-19(4-6-20)9-13(16,17)18/h1-2,7H,3-6,8-9H2. The van der Waals surface area contributed by atoms with Crippen molar-refractivity contribution >= 4 is 33.2 Å². The molecule has 0 amide bonds. The van der Waals surface area contributed by atoms with Crippen LogP contribution in [-0.2, 0) is 5.33 Å². The van der Waals surface area contributed by atoms with Gasteiger partial charge in [0.2, 0.25) is 0 Å². The summed E-state index contributed by atoms with van der Waals surface area (Å²) < 4.78 is 37.0. The molecule has 0 aliphatic carbocycles. The monoisotopic (exact) mass is 370 g/mol. The number of hydrogen-bond donors (Lipinski definition) is 0. The second-order valence-electron chi connectivity index (χ2n) is 4.80. The molecule has 1 fully saturated rings. The first-order valence-corrected chi connectivity index (χ1v) is 7.77. The van der Waals surface area contributed by atoms with Crippen LogP contribution >= 0.6 is 27.5 Å². The van der Waals surface area contributed by atoms with Crippen LogP contribution in [0.4, 0.5) is 18.9 Å². The molecular weight excluding hydrogens is 357 g/mol. The molecule has 1 heterocycles. The van der Waals surface area contributed by atoms with Crippen molar-refractivity contribution in [1.29, 1.82) is 0 Å². The lowest BCUT2D eigenvalue weighted by molar-refractivity contribution is -0.146. The molecule has 0 bridgehead atoms. The Hall–Kier alpha value is -0.460. The van der Waals surface area contributed by atoms with Gasteiger partial charge < -0.3 is 4.90 Å². The van der Waals surface area contributed by atoms with Gasteiger partial charge in [-0.05, 0) is 17.7 Å². The third-order valence-corrected chi connectivity index (χ3v) is 4.23. The Morgan fingerprint density at radius 1 is 1.15 bits per heavy atom. The summed E-state index contributed by atoms with van der Waals surface area (Å²) in [6, 6.07) is 5.78. The summed E-state index contributed by atoms with van der Waals surface area (Å²) in [6.45, 7) is 1.08. The Bertz CT molecular complexity index is 459. The molecule has 7 heteroatoms. The van der Waals surface area contributed by atoms with Crippen molar-refractivity contribution in [1.82, 2.24) is 4.90 Å². The molecule has 1 aromatic carbocycles. The van der Waals surface area contributed by atoms with Gasteiger partial charge in [0, 0.05) is 31.5 Å². The largest absolute Gasteiger partial charge is 0.401 e. The van der Waals surface area contributed by atoms with E-state index in [9.17, 15) is 13.2 Å². The molecule has 1 aromatic rings. The molecule has 2 rings (SSSR count). The molecule has 2 nitrogen and oxygen atoms in total. The van der Waals surface area contributed by atoms with E-state index in [2.05, 4.69) is 15.9 Å². The molecule has 0 spiro atoms. The summed E-state index contributed by atoms with van der Waals surface area (Å²) in [5.41, 5.74) is 1.97. The minimum absolute atomic E-state index is 0.399. The van der Waals surface area contributed by atoms with E-state index >= 15 is 0 Å². The highest BCUT2D eigenvalue weighted by Gasteiger charge is 2.32. The van der Waals surface area contributed by atoms with E-state index in [4.69, 9.17) is 11.6 Å². The van der Waals surface area contributed by atoms with Gasteiger partial charge in [-0.1, -0.05) is 33.6 Å². The van der Waals surface area contributed by atoms with Gasteiger partial charge in [-0.2, -0.15) is 13.2 Å². The molecule has 20 heavy (non-hydrogen) atoms. The zero-order valence-electron chi connectivity index (χ0n) is 10.8. The molecule has 0 radical (unpaired) electrons. The van der Waals surface area contributed by atoms with Gasteiger partial charge in [-0.15, -0.1) is 0 Å². The summed E-state index contributed by atoms with van der Waals surface area (Å²) in [5, 5.41) is 1.37. The van der Waals surface area contributed by atoms with E-state index in [1.54, 1.807) is 0 Å². The second-order valence-corrected chi connectivity index (χ2v) is 5.77. The van der Waals surface area contributed by atoms with Crippen LogP contribution in [0.25, 0.3) is 0 Å². The van der Waals surface area contributed by atoms with Crippen LogP contribution in [0, 0.1) is 0 Å². The van der Waals surface area contributed by atoms with Crippen molar-refractivity contribution in [2.24, 2.45) is 0 Å². The molecule has 1 saturated heterocycles. The maximum absolute atomic E-state index is 12.3. The predicted octanol–water partition coefficient (Wildman–Crippen LogP) is 3.92. The summed E-state index contributed by atoms with van der Waals surface area (Å²) >= 11 is 9.59. The number of alkyl halides is 4. The quantitative estimate of drug-likeness (QED) is 0.743. The third kappa shape index (κ3) is 4.27. The van der Waals surface area contributed by atoms with Gasteiger partial charge in [0.1, 0.15) is 0 Å². The highest BCUT2D eigenvalue weighted by Crippen LogP contribution is 2.29. The first-order valence-electron chi connectivity index (χ1n) is 6.27. The smallest absolute Gasteiger partial charge is 0.368 e. The first-order chi connectivity index (χ1) is 9.39. The molecule has 0 saturated carbocycles. The van der Waals surface area contributed by atoms with E-state index in [-0.39, 0.29) is 0 Å². The number of halogens is 5. The number of benzene rings is 1. The van der Waals surface area contributed by atoms with E-state index < -0.39 is 12.7 Å². The molecule has 0 aromatic heterocycles. The molecule has 0 atom stereocenters. The molecular formula is C13H15BrClF3N2. The molecule has 0 N–H and O–H groups in total. The van der Waals surface area contributed by atoms with Crippen LogP contribution in [-0.4, -0.2) is 43.8 Å². The average molecular weight is 372 g/mol. The Morgan fingerprint density at radius 2 is 1.80 bits per heavy atom. The zero-order chi connectivity index (χ0) is 14.8. The Balaban J connectivity index is 1.97. The fourth-order valence-corrected chi connectivity index (χ4v) is 2.96. The number of hydrogen-bond acceptors (Lipinski definition) is 2. The first kappa shape index (κ1) is 15.9. The van der Waals surface area contributed by atoms with Crippen molar-refractivity contribution in [3.63, 3.8) is 0 Å². The zero-order valence-corrected chi connectivity index (χ0v) is 13.1. The van der Waals surface area contributed by atoms with Gasteiger partial charge in [0.25, 0.3) is 0 Å². The van der Waals surface area contributed by atoms with Gasteiger partial charge in [0.05, 0.1) is 17.3 Å². The number of piperazine rings is 1. The van der Waals surface area contributed by atoms with Crippen molar-refractivity contribution in [2.45, 2.75) is 11.5 Å². The summed E-state index contributed by atoms with van der Waals surface area (Å²) in [4.78, 5) is 3.46. The van der Waals surface area contributed by atoms with E-state index in [0.717, 1.165) is 16.6 Å². The highest BCUT2D eigenvalue weighted by molar-refractivity contribution is 9.08. The molecule has 0 unspecified atom stereocenters. The Kier molecular flexibility index (Phi) is 5.20. The average Bonchev–Trinajstić information content (AvgIpc) is 2.38. The van der Waals surface area contributed by atoms with Crippen LogP contribution in [0.15, 0.2) is 18.2 Å². The Labute approximate surface area is 129 Å².